The van der Waals surface area contributed by atoms with E-state index >= 15 is 0 Å². The number of hydrogen-bond acceptors (Lipinski definition) is 4. The molecule has 0 N–H and O–H groups in total. The van der Waals surface area contributed by atoms with Crippen LogP contribution in [0.2, 0.25) is 0 Å². The van der Waals surface area contributed by atoms with Crippen LogP contribution in [0.25, 0.3) is 5.65 Å². The van der Waals surface area contributed by atoms with E-state index in [2.05, 4.69) is 15.2 Å². The van der Waals surface area contributed by atoms with Crippen molar-refractivity contribution in [2.24, 2.45) is 7.05 Å². The molecule has 3 rings (SSSR count). The maximum absolute atomic E-state index is 4.55. The van der Waals surface area contributed by atoms with Crippen LogP contribution >= 0.6 is 11.8 Å². The van der Waals surface area contributed by atoms with Gasteiger partial charge in [-0.25, -0.2) is 4.98 Å². The topological polar surface area (TPSA) is 48.0 Å². The minimum absolute atomic E-state index is 0.799. The number of hydrogen-bond donors (Lipinski definition) is 0. The molecule has 0 saturated heterocycles. The monoisotopic (exact) mass is 259 g/mol. The molecule has 0 aliphatic rings. The van der Waals surface area contributed by atoms with Gasteiger partial charge in [0.25, 0.3) is 0 Å². The maximum Gasteiger partial charge on any atom is 0.191 e. The van der Waals surface area contributed by atoms with E-state index in [9.17, 15) is 0 Å². The summed E-state index contributed by atoms with van der Waals surface area (Å²) in [6, 6.07) is 5.99. The van der Waals surface area contributed by atoms with Gasteiger partial charge in [0.1, 0.15) is 11.5 Å². The van der Waals surface area contributed by atoms with Gasteiger partial charge in [0, 0.05) is 25.2 Å². The SMILES string of the molecule is Cc1nnc(SCc2cn3ccccc3n2)n1C. The third-order valence-electron chi connectivity index (χ3n) is 2.82. The van der Waals surface area contributed by atoms with Crippen molar-refractivity contribution in [1.29, 1.82) is 0 Å². The quantitative estimate of drug-likeness (QED) is 0.676. The number of imidazole rings is 1. The average Bonchev–Trinajstić information content (AvgIpc) is 2.92. The standard InChI is InChI=1S/C12H13N5S/c1-9-14-15-12(16(9)2)18-8-10-7-17-6-4-3-5-11(17)13-10/h3-7H,8H2,1-2H3. The number of fused-ring (bicyclic) bond motifs is 1. The highest BCUT2D eigenvalue weighted by Gasteiger charge is 2.07. The van der Waals surface area contributed by atoms with Gasteiger partial charge < -0.3 is 8.97 Å². The summed E-state index contributed by atoms with van der Waals surface area (Å²) in [5, 5.41) is 9.08. The van der Waals surface area contributed by atoms with Crippen molar-refractivity contribution in [2.75, 3.05) is 0 Å². The van der Waals surface area contributed by atoms with Crippen LogP contribution in [0.3, 0.4) is 0 Å². The summed E-state index contributed by atoms with van der Waals surface area (Å²) in [6.07, 6.45) is 4.05. The Morgan fingerprint density at radius 3 is 2.89 bits per heavy atom. The minimum atomic E-state index is 0.799. The first-order chi connectivity index (χ1) is 8.74. The van der Waals surface area contributed by atoms with Gasteiger partial charge in [0.05, 0.1) is 5.69 Å². The number of aromatic nitrogens is 5. The van der Waals surface area contributed by atoms with Crippen LogP contribution in [-0.4, -0.2) is 24.1 Å². The van der Waals surface area contributed by atoms with E-state index in [1.165, 1.54) is 0 Å². The smallest absolute Gasteiger partial charge is 0.191 e. The Kier molecular flexibility index (Phi) is 2.79. The fourth-order valence-electron chi connectivity index (χ4n) is 1.71. The Labute approximate surface area is 109 Å². The fourth-order valence-corrected chi connectivity index (χ4v) is 2.55. The van der Waals surface area contributed by atoms with Crippen LogP contribution in [0.5, 0.6) is 0 Å². The zero-order chi connectivity index (χ0) is 12.5. The fraction of sp³-hybridized carbons (Fsp3) is 0.250. The molecule has 18 heavy (non-hydrogen) atoms. The lowest BCUT2D eigenvalue weighted by Crippen LogP contribution is -1.93. The number of aryl methyl sites for hydroxylation is 1. The Bertz CT molecular complexity index is 652. The lowest BCUT2D eigenvalue weighted by atomic mass is 10.5. The number of thioether (sulfide) groups is 1. The van der Waals surface area contributed by atoms with E-state index in [0.717, 1.165) is 28.1 Å². The molecular weight excluding hydrogens is 246 g/mol. The minimum Gasteiger partial charge on any atom is -0.309 e. The van der Waals surface area contributed by atoms with Crippen molar-refractivity contribution in [3.05, 3.63) is 42.1 Å². The van der Waals surface area contributed by atoms with Gasteiger partial charge in [0.15, 0.2) is 5.16 Å². The van der Waals surface area contributed by atoms with E-state index < -0.39 is 0 Å². The van der Waals surface area contributed by atoms with E-state index in [0.29, 0.717) is 0 Å². The molecule has 0 aliphatic carbocycles. The van der Waals surface area contributed by atoms with Gasteiger partial charge in [-0.15, -0.1) is 10.2 Å². The molecule has 0 unspecified atom stereocenters. The van der Waals surface area contributed by atoms with Crippen molar-refractivity contribution in [2.45, 2.75) is 17.8 Å². The van der Waals surface area contributed by atoms with Crippen molar-refractivity contribution in [3.63, 3.8) is 0 Å². The second kappa shape index (κ2) is 4.45. The summed E-state index contributed by atoms with van der Waals surface area (Å²) in [7, 11) is 1.97. The third-order valence-corrected chi connectivity index (χ3v) is 3.87. The van der Waals surface area contributed by atoms with Crippen LogP contribution in [0.15, 0.2) is 35.7 Å². The van der Waals surface area contributed by atoms with Gasteiger partial charge in [-0.2, -0.15) is 0 Å². The van der Waals surface area contributed by atoms with Crippen LogP contribution in [0.1, 0.15) is 11.5 Å². The number of rotatable bonds is 3. The Hall–Kier alpha value is -1.82. The van der Waals surface area contributed by atoms with Crippen LogP contribution in [-0.2, 0) is 12.8 Å². The summed E-state index contributed by atoms with van der Waals surface area (Å²) in [4.78, 5) is 4.55. The van der Waals surface area contributed by atoms with Gasteiger partial charge in [-0.05, 0) is 19.1 Å². The van der Waals surface area contributed by atoms with Crippen LogP contribution in [0, 0.1) is 6.92 Å². The molecule has 0 aliphatic heterocycles. The van der Waals surface area contributed by atoms with E-state index in [4.69, 9.17) is 0 Å². The molecule has 0 bridgehead atoms. The maximum atomic E-state index is 4.55. The normalized spacial score (nSPS) is 11.2. The summed E-state index contributed by atoms with van der Waals surface area (Å²) in [6.45, 7) is 1.95. The van der Waals surface area contributed by atoms with Crippen molar-refractivity contribution >= 4 is 17.4 Å². The first-order valence-corrected chi connectivity index (χ1v) is 6.64. The highest BCUT2D eigenvalue weighted by Crippen LogP contribution is 2.20. The molecule has 3 aromatic rings. The summed E-state index contributed by atoms with van der Waals surface area (Å²) < 4.78 is 4.01. The second-order valence-corrected chi connectivity index (χ2v) is 5.02. The van der Waals surface area contributed by atoms with Crippen LogP contribution in [0.4, 0.5) is 0 Å². The predicted octanol–water partition coefficient (Wildman–Crippen LogP) is 2.06. The second-order valence-electron chi connectivity index (χ2n) is 4.08. The predicted molar refractivity (Wildman–Crippen MR) is 70.5 cm³/mol. The van der Waals surface area contributed by atoms with Gasteiger partial charge in [0.2, 0.25) is 0 Å². The zero-order valence-corrected chi connectivity index (χ0v) is 11.1. The molecule has 0 saturated carbocycles. The molecule has 0 amide bonds. The van der Waals surface area contributed by atoms with Crippen LogP contribution < -0.4 is 0 Å². The highest BCUT2D eigenvalue weighted by atomic mass is 32.2. The largest absolute Gasteiger partial charge is 0.309 e. The first kappa shape index (κ1) is 11.3. The molecule has 3 heterocycles. The first-order valence-electron chi connectivity index (χ1n) is 5.65. The Balaban J connectivity index is 1.79. The lowest BCUT2D eigenvalue weighted by Gasteiger charge is -1.98. The van der Waals surface area contributed by atoms with E-state index in [1.807, 2.05) is 53.5 Å². The molecule has 6 heteroatoms. The number of nitrogens with zero attached hydrogens (tertiary/aromatic N) is 5. The molecule has 0 fully saturated rings. The van der Waals surface area contributed by atoms with Gasteiger partial charge in [-0.3, -0.25) is 0 Å². The molecule has 5 nitrogen and oxygen atoms in total. The molecule has 0 spiro atoms. The van der Waals surface area contributed by atoms with Crippen molar-refractivity contribution in [3.8, 4) is 0 Å². The molecule has 92 valence electrons. The van der Waals surface area contributed by atoms with E-state index in [1.54, 1.807) is 11.8 Å². The summed E-state index contributed by atoms with van der Waals surface area (Å²) >= 11 is 1.65. The molecular formula is C12H13N5S. The molecule has 0 atom stereocenters. The number of pyridine rings is 1. The molecule has 0 aromatic carbocycles. The van der Waals surface area contributed by atoms with Crippen molar-refractivity contribution in [1.82, 2.24) is 24.1 Å². The Morgan fingerprint density at radius 2 is 2.17 bits per heavy atom. The van der Waals surface area contributed by atoms with Crippen molar-refractivity contribution < 1.29 is 0 Å². The molecule has 0 radical (unpaired) electrons. The zero-order valence-electron chi connectivity index (χ0n) is 10.2. The van der Waals surface area contributed by atoms with Gasteiger partial charge >= 0.3 is 0 Å². The van der Waals surface area contributed by atoms with E-state index in [-0.39, 0.29) is 0 Å². The molecule has 3 aromatic heterocycles. The van der Waals surface area contributed by atoms with Gasteiger partial charge in [-0.1, -0.05) is 17.8 Å². The lowest BCUT2D eigenvalue weighted by molar-refractivity contribution is 0.765. The average molecular weight is 259 g/mol. The summed E-state index contributed by atoms with van der Waals surface area (Å²) in [5.41, 5.74) is 2.02. The third kappa shape index (κ3) is 1.99. The highest BCUT2D eigenvalue weighted by molar-refractivity contribution is 7.98. The Morgan fingerprint density at radius 1 is 1.28 bits per heavy atom. The summed E-state index contributed by atoms with van der Waals surface area (Å²) in [5.74, 6) is 1.72.